The lowest BCUT2D eigenvalue weighted by Crippen LogP contribution is -2.54. The van der Waals surface area contributed by atoms with Gasteiger partial charge in [0, 0.05) is 12.1 Å². The van der Waals surface area contributed by atoms with Crippen molar-refractivity contribution in [2.75, 3.05) is 17.1 Å². The Morgan fingerprint density at radius 3 is 2.06 bits per heavy atom. The molecule has 0 aliphatic carbocycles. The minimum Gasteiger partial charge on any atom is -0.350 e. The molecule has 0 saturated heterocycles. The molecule has 1 unspecified atom stereocenters. The van der Waals surface area contributed by atoms with Crippen LogP contribution in [0.2, 0.25) is 0 Å². The highest BCUT2D eigenvalue weighted by molar-refractivity contribution is 7.92. The second kappa shape index (κ2) is 10.6. The molecule has 0 aliphatic heterocycles. The highest BCUT2D eigenvalue weighted by Gasteiger charge is 2.31. The summed E-state index contributed by atoms with van der Waals surface area (Å²) in [7, 11) is -3.75. The molecule has 2 aromatic rings. The summed E-state index contributed by atoms with van der Waals surface area (Å²) < 4.78 is 26.5. The van der Waals surface area contributed by atoms with E-state index in [9.17, 15) is 18.0 Å². The van der Waals surface area contributed by atoms with Crippen molar-refractivity contribution in [1.82, 2.24) is 10.2 Å². The summed E-state index contributed by atoms with van der Waals surface area (Å²) in [5.74, 6) is -0.756. The van der Waals surface area contributed by atoms with Crippen molar-refractivity contribution in [2.45, 2.75) is 66.6 Å². The van der Waals surface area contributed by atoms with Gasteiger partial charge < -0.3 is 10.2 Å². The van der Waals surface area contributed by atoms with Crippen molar-refractivity contribution in [3.8, 4) is 0 Å². The highest BCUT2D eigenvalue weighted by Crippen LogP contribution is 2.22. The standard InChI is InChI=1S/C26H37N3O4S/c1-18-10-9-11-22(13-18)16-28(21(4)25(31)27-26(5,6)7)24(30)17-29(34(8,32)33)23-14-19(2)12-20(3)15-23/h9-15,21H,16-17H2,1-8H3,(H,27,31). The lowest BCUT2D eigenvalue weighted by molar-refractivity contribution is -0.140. The quantitative estimate of drug-likeness (QED) is 0.615. The van der Waals surface area contributed by atoms with E-state index < -0.39 is 34.1 Å². The van der Waals surface area contributed by atoms with Gasteiger partial charge in [0.25, 0.3) is 0 Å². The van der Waals surface area contributed by atoms with Crippen molar-refractivity contribution in [3.63, 3.8) is 0 Å². The number of anilines is 1. The third-order valence-electron chi connectivity index (χ3n) is 5.27. The first-order valence-electron chi connectivity index (χ1n) is 11.3. The Morgan fingerprint density at radius 1 is 0.971 bits per heavy atom. The molecule has 0 spiro atoms. The van der Waals surface area contributed by atoms with Gasteiger partial charge in [-0.15, -0.1) is 0 Å². The Labute approximate surface area is 204 Å². The van der Waals surface area contributed by atoms with Gasteiger partial charge in [-0.05, 0) is 77.3 Å². The summed E-state index contributed by atoms with van der Waals surface area (Å²) in [5.41, 5.74) is 3.64. The van der Waals surface area contributed by atoms with Gasteiger partial charge in [-0.3, -0.25) is 13.9 Å². The van der Waals surface area contributed by atoms with E-state index in [1.165, 1.54) is 4.90 Å². The average molecular weight is 488 g/mol. The number of aryl methyl sites for hydroxylation is 3. The Morgan fingerprint density at radius 2 is 1.56 bits per heavy atom. The van der Waals surface area contributed by atoms with Crippen LogP contribution in [0.4, 0.5) is 5.69 Å². The Balaban J connectivity index is 2.44. The maximum Gasteiger partial charge on any atom is 0.244 e. The predicted molar refractivity (Wildman–Crippen MR) is 137 cm³/mol. The van der Waals surface area contributed by atoms with Crippen molar-refractivity contribution in [1.29, 1.82) is 0 Å². The number of carbonyl (C=O) groups excluding carboxylic acids is 2. The molecule has 186 valence electrons. The van der Waals surface area contributed by atoms with Crippen LogP contribution in [0.5, 0.6) is 0 Å². The summed E-state index contributed by atoms with van der Waals surface area (Å²) in [6.07, 6.45) is 1.08. The van der Waals surface area contributed by atoms with Crippen molar-refractivity contribution >= 4 is 27.5 Å². The summed E-state index contributed by atoms with van der Waals surface area (Å²) in [6, 6.07) is 12.3. The smallest absolute Gasteiger partial charge is 0.244 e. The Kier molecular flexibility index (Phi) is 8.53. The molecule has 0 saturated carbocycles. The van der Waals surface area contributed by atoms with E-state index in [0.717, 1.165) is 32.8 Å². The zero-order valence-electron chi connectivity index (χ0n) is 21.5. The Hall–Kier alpha value is -2.87. The van der Waals surface area contributed by atoms with Crippen LogP contribution in [-0.4, -0.2) is 49.5 Å². The molecule has 0 bridgehead atoms. The second-order valence-corrected chi connectivity index (χ2v) is 11.9. The Bertz CT molecular complexity index is 1130. The first-order chi connectivity index (χ1) is 15.6. The van der Waals surface area contributed by atoms with Crippen LogP contribution < -0.4 is 9.62 Å². The van der Waals surface area contributed by atoms with Crippen molar-refractivity contribution in [2.24, 2.45) is 0 Å². The van der Waals surface area contributed by atoms with E-state index in [4.69, 9.17) is 0 Å². The molecule has 7 nitrogen and oxygen atoms in total. The largest absolute Gasteiger partial charge is 0.350 e. The van der Waals surface area contributed by atoms with Crippen LogP contribution in [0.3, 0.4) is 0 Å². The molecule has 2 aromatic carbocycles. The lowest BCUT2D eigenvalue weighted by atomic mass is 10.1. The zero-order valence-corrected chi connectivity index (χ0v) is 22.3. The number of hydrogen-bond acceptors (Lipinski definition) is 4. The monoisotopic (exact) mass is 487 g/mol. The molecule has 2 rings (SSSR count). The number of benzene rings is 2. The van der Waals surface area contributed by atoms with Gasteiger partial charge in [0.05, 0.1) is 11.9 Å². The van der Waals surface area contributed by atoms with Crippen molar-refractivity contribution < 1.29 is 18.0 Å². The summed E-state index contributed by atoms with van der Waals surface area (Å²) in [5, 5.41) is 2.92. The van der Waals surface area contributed by atoms with Crippen LogP contribution in [0, 0.1) is 20.8 Å². The molecular formula is C26H37N3O4S. The first-order valence-corrected chi connectivity index (χ1v) is 13.1. The summed E-state index contributed by atoms with van der Waals surface area (Å²) in [4.78, 5) is 28.0. The molecule has 0 aliphatic rings. The highest BCUT2D eigenvalue weighted by atomic mass is 32.2. The van der Waals surface area contributed by atoms with E-state index in [1.54, 1.807) is 19.1 Å². The fourth-order valence-electron chi connectivity index (χ4n) is 3.77. The number of sulfonamides is 1. The molecule has 0 fully saturated rings. The van der Waals surface area contributed by atoms with E-state index >= 15 is 0 Å². The van der Waals surface area contributed by atoms with Gasteiger partial charge in [0.2, 0.25) is 21.8 Å². The average Bonchev–Trinajstić information content (AvgIpc) is 2.66. The van der Waals surface area contributed by atoms with Crippen LogP contribution in [0.15, 0.2) is 42.5 Å². The minimum atomic E-state index is -3.75. The minimum absolute atomic E-state index is 0.184. The summed E-state index contributed by atoms with van der Waals surface area (Å²) in [6.45, 7) is 12.8. The fraction of sp³-hybridized carbons (Fsp3) is 0.462. The third kappa shape index (κ3) is 7.87. The number of rotatable bonds is 8. The molecule has 34 heavy (non-hydrogen) atoms. The number of nitrogens with zero attached hydrogens (tertiary/aromatic N) is 2. The topological polar surface area (TPSA) is 86.8 Å². The molecule has 1 N–H and O–H groups in total. The maximum absolute atomic E-state index is 13.6. The van der Waals surface area contributed by atoms with Gasteiger partial charge in [-0.25, -0.2) is 8.42 Å². The molecule has 0 heterocycles. The van der Waals surface area contributed by atoms with Crippen LogP contribution in [0.25, 0.3) is 0 Å². The van der Waals surface area contributed by atoms with E-state index in [0.29, 0.717) is 5.69 Å². The normalized spacial score (nSPS) is 12.7. The molecular weight excluding hydrogens is 450 g/mol. The SMILES string of the molecule is Cc1cccc(CN(C(=O)CN(c2cc(C)cc(C)c2)S(C)(=O)=O)C(C)C(=O)NC(C)(C)C)c1. The van der Waals surface area contributed by atoms with Crippen LogP contribution >= 0.6 is 0 Å². The van der Waals surface area contributed by atoms with E-state index in [1.807, 2.05) is 71.9 Å². The van der Waals surface area contributed by atoms with Gasteiger partial charge in [0.15, 0.2) is 0 Å². The van der Waals surface area contributed by atoms with Gasteiger partial charge >= 0.3 is 0 Å². The number of amides is 2. The lowest BCUT2D eigenvalue weighted by Gasteiger charge is -2.33. The van der Waals surface area contributed by atoms with Gasteiger partial charge in [0.1, 0.15) is 12.6 Å². The summed E-state index contributed by atoms with van der Waals surface area (Å²) >= 11 is 0. The number of nitrogens with one attached hydrogen (secondary N) is 1. The van der Waals surface area contributed by atoms with Crippen molar-refractivity contribution in [3.05, 3.63) is 64.7 Å². The zero-order chi connectivity index (χ0) is 25.8. The molecule has 0 radical (unpaired) electrons. The first kappa shape index (κ1) is 27.4. The molecule has 1 atom stereocenters. The fourth-order valence-corrected chi connectivity index (χ4v) is 4.61. The van der Waals surface area contributed by atoms with E-state index in [2.05, 4.69) is 5.32 Å². The van der Waals surface area contributed by atoms with E-state index in [-0.39, 0.29) is 12.5 Å². The predicted octanol–water partition coefficient (Wildman–Crippen LogP) is 3.71. The molecule has 0 aromatic heterocycles. The number of hydrogen-bond donors (Lipinski definition) is 1. The maximum atomic E-state index is 13.6. The van der Waals surface area contributed by atoms with Gasteiger partial charge in [-0.1, -0.05) is 35.9 Å². The molecule has 8 heteroatoms. The van der Waals surface area contributed by atoms with Crippen LogP contribution in [-0.2, 0) is 26.2 Å². The molecule has 2 amide bonds. The third-order valence-corrected chi connectivity index (χ3v) is 6.42. The van der Waals surface area contributed by atoms with Gasteiger partial charge in [-0.2, -0.15) is 0 Å². The second-order valence-electron chi connectivity index (χ2n) is 10.0. The number of carbonyl (C=O) groups is 2. The van der Waals surface area contributed by atoms with Crippen LogP contribution in [0.1, 0.15) is 49.9 Å².